The quantitative estimate of drug-likeness (QED) is 0.447. The van der Waals surface area contributed by atoms with E-state index in [2.05, 4.69) is 21.9 Å². The van der Waals surface area contributed by atoms with Gasteiger partial charge in [-0.05, 0) is 44.0 Å². The first kappa shape index (κ1) is 23.5. The first-order valence-corrected chi connectivity index (χ1v) is 11.2. The van der Waals surface area contributed by atoms with Gasteiger partial charge < -0.3 is 19.9 Å². The molecular weight excluding hydrogens is 452 g/mol. The van der Waals surface area contributed by atoms with E-state index in [0.717, 1.165) is 38.9 Å². The molecule has 0 spiro atoms. The van der Waals surface area contributed by atoms with Gasteiger partial charge in [0.2, 0.25) is 0 Å². The minimum absolute atomic E-state index is 0.160. The molecule has 0 radical (unpaired) electrons. The Hall–Kier alpha value is -3.65. The third kappa shape index (κ3) is 3.84. The topological polar surface area (TPSA) is 99.2 Å². The summed E-state index contributed by atoms with van der Waals surface area (Å²) in [5.74, 6) is 0.970. The molecule has 1 amide bonds. The van der Waals surface area contributed by atoms with E-state index in [1.807, 2.05) is 36.7 Å². The van der Waals surface area contributed by atoms with Gasteiger partial charge in [-0.25, -0.2) is 9.97 Å². The van der Waals surface area contributed by atoms with Gasteiger partial charge in [0, 0.05) is 48.2 Å². The van der Waals surface area contributed by atoms with Crippen LogP contribution in [-0.4, -0.2) is 51.5 Å². The second-order valence-electron chi connectivity index (χ2n) is 8.47. The summed E-state index contributed by atoms with van der Waals surface area (Å²) in [6, 6.07) is 5.33. The molecular formula is C25H27ClN6O2. The molecule has 3 heterocycles. The normalized spacial score (nSPS) is 12.1. The van der Waals surface area contributed by atoms with Gasteiger partial charge >= 0.3 is 0 Å². The summed E-state index contributed by atoms with van der Waals surface area (Å²) >= 11 is 6.71. The number of benzene rings is 1. The fourth-order valence-electron chi connectivity index (χ4n) is 4.26. The molecule has 0 aliphatic heterocycles. The zero-order valence-corrected chi connectivity index (χ0v) is 20.8. The van der Waals surface area contributed by atoms with E-state index >= 15 is 0 Å². The fraction of sp³-hybridized carbons (Fsp3) is 0.280. The summed E-state index contributed by atoms with van der Waals surface area (Å²) in [5.41, 5.74) is 11.6. The maximum absolute atomic E-state index is 12.3. The zero-order chi connectivity index (χ0) is 24.7. The predicted molar refractivity (Wildman–Crippen MR) is 134 cm³/mol. The SMILES string of the molecule is COc1c(C(C)n2cc(C)c3c(N)ncnc32)cc(Cl)c(C)c1-c1ccc(C(=O)N(C)C)nc1. The highest BCUT2D eigenvalue weighted by atomic mass is 35.5. The number of hydrogen-bond donors (Lipinski definition) is 1. The Bertz CT molecular complexity index is 1400. The van der Waals surface area contributed by atoms with Crippen molar-refractivity contribution in [1.82, 2.24) is 24.4 Å². The van der Waals surface area contributed by atoms with Crippen LogP contribution >= 0.6 is 11.6 Å². The van der Waals surface area contributed by atoms with E-state index in [9.17, 15) is 4.79 Å². The molecule has 0 saturated heterocycles. The van der Waals surface area contributed by atoms with Crippen molar-refractivity contribution >= 4 is 34.4 Å². The Labute approximate surface area is 203 Å². The van der Waals surface area contributed by atoms with Crippen molar-refractivity contribution in [2.24, 2.45) is 0 Å². The van der Waals surface area contributed by atoms with Crippen LogP contribution in [0, 0.1) is 13.8 Å². The number of amides is 1. The Morgan fingerprint density at radius 2 is 1.94 bits per heavy atom. The van der Waals surface area contributed by atoms with Crippen molar-refractivity contribution in [3.8, 4) is 16.9 Å². The smallest absolute Gasteiger partial charge is 0.271 e. The van der Waals surface area contributed by atoms with Crippen molar-refractivity contribution in [3.05, 3.63) is 64.3 Å². The molecule has 8 nitrogen and oxygen atoms in total. The van der Waals surface area contributed by atoms with Crippen molar-refractivity contribution < 1.29 is 9.53 Å². The van der Waals surface area contributed by atoms with Crippen molar-refractivity contribution in [3.63, 3.8) is 0 Å². The van der Waals surface area contributed by atoms with Crippen LogP contribution in [0.25, 0.3) is 22.2 Å². The second kappa shape index (κ2) is 8.95. The molecule has 0 aliphatic carbocycles. The van der Waals surface area contributed by atoms with Gasteiger partial charge in [-0.15, -0.1) is 0 Å². The molecule has 1 atom stereocenters. The summed E-state index contributed by atoms with van der Waals surface area (Å²) in [4.78, 5) is 26.7. The molecule has 176 valence electrons. The number of hydrogen-bond acceptors (Lipinski definition) is 6. The molecule has 4 rings (SSSR count). The lowest BCUT2D eigenvalue weighted by Crippen LogP contribution is -2.22. The maximum atomic E-state index is 12.3. The highest BCUT2D eigenvalue weighted by molar-refractivity contribution is 6.32. The van der Waals surface area contributed by atoms with Gasteiger partial charge in [-0.1, -0.05) is 17.7 Å². The van der Waals surface area contributed by atoms with Gasteiger partial charge in [0.25, 0.3) is 5.91 Å². The summed E-state index contributed by atoms with van der Waals surface area (Å²) in [7, 11) is 5.03. The first-order valence-electron chi connectivity index (χ1n) is 10.8. The molecule has 0 bridgehead atoms. The van der Waals surface area contributed by atoms with Crippen LogP contribution in [0.5, 0.6) is 5.75 Å². The summed E-state index contributed by atoms with van der Waals surface area (Å²) in [5, 5.41) is 1.44. The predicted octanol–water partition coefficient (Wildman–Crippen LogP) is 4.67. The van der Waals surface area contributed by atoms with E-state index in [-0.39, 0.29) is 11.9 Å². The lowest BCUT2D eigenvalue weighted by atomic mass is 9.94. The number of aryl methyl sites for hydroxylation is 1. The van der Waals surface area contributed by atoms with Crippen molar-refractivity contribution in [2.45, 2.75) is 26.8 Å². The molecule has 1 aromatic carbocycles. The van der Waals surface area contributed by atoms with Crippen LogP contribution in [-0.2, 0) is 0 Å². The number of carbonyl (C=O) groups excluding carboxylic acids is 1. The highest BCUT2D eigenvalue weighted by Gasteiger charge is 2.24. The molecule has 4 aromatic rings. The van der Waals surface area contributed by atoms with Gasteiger partial charge in [-0.2, -0.15) is 0 Å². The Morgan fingerprint density at radius 3 is 2.56 bits per heavy atom. The first-order chi connectivity index (χ1) is 16.1. The zero-order valence-electron chi connectivity index (χ0n) is 20.0. The molecule has 0 fully saturated rings. The van der Waals surface area contributed by atoms with Crippen LogP contribution in [0.2, 0.25) is 5.02 Å². The lowest BCUT2D eigenvalue weighted by molar-refractivity contribution is 0.0822. The van der Waals surface area contributed by atoms with E-state index in [0.29, 0.717) is 22.3 Å². The molecule has 9 heteroatoms. The average Bonchev–Trinajstić information content (AvgIpc) is 3.17. The molecule has 34 heavy (non-hydrogen) atoms. The Kier molecular flexibility index (Phi) is 6.18. The Morgan fingerprint density at radius 1 is 1.21 bits per heavy atom. The number of methoxy groups -OCH3 is 1. The summed E-state index contributed by atoms with van der Waals surface area (Å²) in [6.45, 7) is 5.98. The van der Waals surface area contributed by atoms with E-state index in [1.54, 1.807) is 33.5 Å². The fourth-order valence-corrected chi connectivity index (χ4v) is 4.47. The summed E-state index contributed by atoms with van der Waals surface area (Å²) < 4.78 is 7.98. The number of nitrogens with two attached hydrogens (primary N) is 1. The second-order valence-corrected chi connectivity index (χ2v) is 8.87. The van der Waals surface area contributed by atoms with Crippen LogP contribution in [0.1, 0.15) is 40.1 Å². The number of nitrogens with zero attached hydrogens (tertiary/aromatic N) is 5. The summed E-state index contributed by atoms with van der Waals surface area (Å²) in [6.07, 6.45) is 5.15. The number of pyridine rings is 1. The molecule has 0 saturated carbocycles. The van der Waals surface area contributed by atoms with Gasteiger partial charge in [-0.3, -0.25) is 9.78 Å². The highest BCUT2D eigenvalue weighted by Crippen LogP contribution is 2.43. The number of rotatable bonds is 5. The molecule has 1 unspecified atom stereocenters. The number of halogens is 1. The average molecular weight is 479 g/mol. The van der Waals surface area contributed by atoms with Crippen LogP contribution in [0.3, 0.4) is 0 Å². The van der Waals surface area contributed by atoms with Crippen LogP contribution in [0.15, 0.2) is 36.9 Å². The third-order valence-electron chi connectivity index (χ3n) is 6.08. The van der Waals surface area contributed by atoms with Crippen molar-refractivity contribution in [1.29, 1.82) is 0 Å². The molecule has 2 N–H and O–H groups in total. The van der Waals surface area contributed by atoms with Gasteiger partial charge in [0.15, 0.2) is 0 Å². The van der Waals surface area contributed by atoms with Gasteiger partial charge in [0.1, 0.15) is 29.2 Å². The number of ether oxygens (including phenoxy) is 1. The number of anilines is 1. The van der Waals surface area contributed by atoms with Crippen molar-refractivity contribution in [2.75, 3.05) is 26.9 Å². The molecule has 3 aromatic heterocycles. The minimum atomic E-state index is -0.167. The minimum Gasteiger partial charge on any atom is -0.496 e. The number of nitrogen functional groups attached to an aromatic ring is 1. The third-order valence-corrected chi connectivity index (χ3v) is 6.47. The van der Waals surface area contributed by atoms with E-state index in [1.165, 1.54) is 11.2 Å². The largest absolute Gasteiger partial charge is 0.496 e. The number of carbonyl (C=O) groups is 1. The van der Waals surface area contributed by atoms with Crippen LogP contribution in [0.4, 0.5) is 5.82 Å². The number of fused-ring (bicyclic) bond motifs is 1. The van der Waals surface area contributed by atoms with Gasteiger partial charge in [0.05, 0.1) is 18.5 Å². The standard InChI is InChI=1S/C25H27ClN6O2/c1-13-11-32(24-20(13)23(27)29-12-30-24)15(3)17-9-18(26)14(2)21(22(17)34-6)16-7-8-19(28-10-16)25(33)31(4)5/h7-12,15H,1-6H3,(H2,27,29,30). The monoisotopic (exact) mass is 478 g/mol. The van der Waals surface area contributed by atoms with Crippen LogP contribution < -0.4 is 10.5 Å². The number of aromatic nitrogens is 4. The van der Waals surface area contributed by atoms with E-state index < -0.39 is 0 Å². The lowest BCUT2D eigenvalue weighted by Gasteiger charge is -2.23. The Balaban J connectivity index is 1.88. The molecule has 0 aliphatic rings. The maximum Gasteiger partial charge on any atom is 0.271 e. The van der Waals surface area contributed by atoms with E-state index in [4.69, 9.17) is 22.1 Å².